The van der Waals surface area contributed by atoms with Crippen molar-refractivity contribution in [2.45, 2.75) is 13.3 Å². The Morgan fingerprint density at radius 1 is 1.50 bits per heavy atom. The maximum atomic E-state index is 12.1. The first-order valence-corrected chi connectivity index (χ1v) is 5.64. The largest absolute Gasteiger partial charge is 0.481 e. The van der Waals surface area contributed by atoms with Crippen molar-refractivity contribution < 1.29 is 14.7 Å². The highest BCUT2D eigenvalue weighted by atomic mass is 16.4. The molecule has 0 radical (unpaired) electrons. The van der Waals surface area contributed by atoms with Crippen LogP contribution in [0.5, 0.6) is 0 Å². The second-order valence-corrected chi connectivity index (χ2v) is 4.78. The Balaban J connectivity index is 2.18. The van der Waals surface area contributed by atoms with Gasteiger partial charge < -0.3 is 15.0 Å². The first-order valence-electron chi connectivity index (χ1n) is 5.64. The second kappa shape index (κ2) is 4.29. The van der Waals surface area contributed by atoms with E-state index in [2.05, 4.69) is 4.98 Å². The van der Waals surface area contributed by atoms with E-state index >= 15 is 0 Å². The lowest BCUT2D eigenvalue weighted by Gasteiger charge is -2.20. The van der Waals surface area contributed by atoms with E-state index in [1.54, 1.807) is 6.92 Å². The molecule has 1 aromatic rings. The number of nitrogens with zero attached hydrogens (tertiary/aromatic N) is 1. The third-order valence-corrected chi connectivity index (χ3v) is 3.30. The van der Waals surface area contributed by atoms with Crippen molar-refractivity contribution in [2.24, 2.45) is 5.41 Å². The fourth-order valence-corrected chi connectivity index (χ4v) is 2.07. The monoisotopic (exact) mass is 250 g/mol. The van der Waals surface area contributed by atoms with Crippen molar-refractivity contribution in [2.75, 3.05) is 13.1 Å². The summed E-state index contributed by atoms with van der Waals surface area (Å²) < 4.78 is 0. The van der Waals surface area contributed by atoms with Crippen molar-refractivity contribution >= 4 is 11.9 Å². The van der Waals surface area contributed by atoms with Crippen LogP contribution in [0.15, 0.2) is 23.1 Å². The number of nitrogens with one attached hydrogen (secondary N) is 1. The summed E-state index contributed by atoms with van der Waals surface area (Å²) in [5, 5.41) is 9.09. The van der Waals surface area contributed by atoms with E-state index < -0.39 is 11.4 Å². The number of aromatic nitrogens is 1. The van der Waals surface area contributed by atoms with Crippen LogP contribution in [0.25, 0.3) is 0 Å². The minimum absolute atomic E-state index is 0.175. The summed E-state index contributed by atoms with van der Waals surface area (Å²) in [6, 6.07) is 2.74. The van der Waals surface area contributed by atoms with Gasteiger partial charge in [-0.1, -0.05) is 0 Å². The Kier molecular flexibility index (Phi) is 2.94. The summed E-state index contributed by atoms with van der Waals surface area (Å²) in [6.07, 6.45) is 1.83. The summed E-state index contributed by atoms with van der Waals surface area (Å²) in [5.41, 5.74) is -0.953. The number of aromatic amines is 1. The number of pyridine rings is 1. The van der Waals surface area contributed by atoms with Gasteiger partial charge in [-0.05, 0) is 19.4 Å². The molecular formula is C12H14N2O4. The molecule has 1 amide bonds. The Morgan fingerprint density at radius 3 is 2.78 bits per heavy atom. The maximum Gasteiger partial charge on any atom is 0.311 e. The molecule has 1 aliphatic heterocycles. The zero-order chi connectivity index (χ0) is 13.3. The lowest BCUT2D eigenvalue weighted by molar-refractivity contribution is -0.147. The van der Waals surface area contributed by atoms with Crippen molar-refractivity contribution in [1.82, 2.24) is 9.88 Å². The van der Waals surface area contributed by atoms with Crippen LogP contribution in [0, 0.1) is 5.41 Å². The fourth-order valence-electron chi connectivity index (χ4n) is 2.07. The van der Waals surface area contributed by atoms with Gasteiger partial charge in [0.15, 0.2) is 0 Å². The van der Waals surface area contributed by atoms with Gasteiger partial charge in [0.05, 0.1) is 5.41 Å². The van der Waals surface area contributed by atoms with Crippen LogP contribution in [-0.4, -0.2) is 40.0 Å². The SMILES string of the molecule is CC1(C(=O)O)CCN(C(=O)c2cc[nH]c(=O)c2)C1. The molecule has 1 fully saturated rings. The highest BCUT2D eigenvalue weighted by Gasteiger charge is 2.42. The average Bonchev–Trinajstić information content (AvgIpc) is 2.72. The molecule has 0 aromatic carbocycles. The van der Waals surface area contributed by atoms with Crippen molar-refractivity contribution in [3.05, 3.63) is 34.2 Å². The number of carboxylic acids is 1. The van der Waals surface area contributed by atoms with E-state index in [9.17, 15) is 14.4 Å². The molecule has 6 nitrogen and oxygen atoms in total. The minimum atomic E-state index is -0.899. The molecule has 1 aliphatic rings. The molecule has 1 atom stereocenters. The van der Waals surface area contributed by atoms with Crippen molar-refractivity contribution in [1.29, 1.82) is 0 Å². The van der Waals surface area contributed by atoms with Gasteiger partial charge in [0.1, 0.15) is 0 Å². The number of carboxylic acid groups (broad SMARTS) is 1. The molecule has 0 spiro atoms. The van der Waals surface area contributed by atoms with Gasteiger partial charge in [-0.15, -0.1) is 0 Å². The van der Waals surface area contributed by atoms with Gasteiger partial charge in [0.2, 0.25) is 5.56 Å². The van der Waals surface area contributed by atoms with E-state index in [0.717, 1.165) is 0 Å². The average molecular weight is 250 g/mol. The molecule has 18 heavy (non-hydrogen) atoms. The Morgan fingerprint density at radius 2 is 2.22 bits per heavy atom. The van der Waals surface area contributed by atoms with Crippen molar-refractivity contribution in [3.8, 4) is 0 Å². The lowest BCUT2D eigenvalue weighted by Crippen LogP contribution is -2.35. The summed E-state index contributed by atoms with van der Waals surface area (Å²) in [4.78, 5) is 38.2. The first-order chi connectivity index (χ1) is 8.42. The summed E-state index contributed by atoms with van der Waals surface area (Å²) in [5.74, 6) is -1.20. The van der Waals surface area contributed by atoms with Crippen LogP contribution in [0.1, 0.15) is 23.7 Å². The highest BCUT2D eigenvalue weighted by molar-refractivity contribution is 5.94. The zero-order valence-electron chi connectivity index (χ0n) is 9.97. The number of carbonyl (C=O) groups excluding carboxylic acids is 1. The smallest absolute Gasteiger partial charge is 0.311 e. The molecule has 2 rings (SSSR count). The second-order valence-electron chi connectivity index (χ2n) is 4.78. The predicted octanol–water partition coefficient (Wildman–Crippen LogP) is 0.312. The third-order valence-electron chi connectivity index (χ3n) is 3.30. The molecule has 0 aliphatic carbocycles. The standard InChI is InChI=1S/C12H14N2O4/c1-12(11(17)18)3-5-14(7-12)10(16)8-2-4-13-9(15)6-8/h2,4,6H,3,5,7H2,1H3,(H,13,15)(H,17,18). The van der Waals surface area contributed by atoms with Gasteiger partial charge in [0, 0.05) is 30.9 Å². The van der Waals surface area contributed by atoms with Crippen LogP contribution >= 0.6 is 0 Å². The Bertz CT molecular complexity index is 551. The highest BCUT2D eigenvalue weighted by Crippen LogP contribution is 2.30. The number of hydrogen-bond acceptors (Lipinski definition) is 3. The molecule has 1 saturated heterocycles. The van der Waals surface area contributed by atoms with E-state index in [1.165, 1.54) is 23.2 Å². The molecule has 2 N–H and O–H groups in total. The van der Waals surface area contributed by atoms with E-state index in [0.29, 0.717) is 13.0 Å². The molecule has 2 heterocycles. The quantitative estimate of drug-likeness (QED) is 0.790. The first kappa shape index (κ1) is 12.3. The fraction of sp³-hybridized carbons (Fsp3) is 0.417. The van der Waals surface area contributed by atoms with Crippen LogP contribution in [0.4, 0.5) is 0 Å². The van der Waals surface area contributed by atoms with Crippen molar-refractivity contribution in [3.63, 3.8) is 0 Å². The molecule has 6 heteroatoms. The lowest BCUT2D eigenvalue weighted by atomic mass is 9.90. The van der Waals surface area contributed by atoms with Gasteiger partial charge >= 0.3 is 5.97 Å². The number of amides is 1. The number of carbonyl (C=O) groups is 2. The molecule has 1 unspecified atom stereocenters. The number of likely N-dealkylation sites (tertiary alicyclic amines) is 1. The Labute approximate surface area is 103 Å². The van der Waals surface area contributed by atoms with E-state index in [1.807, 2.05) is 0 Å². The van der Waals surface area contributed by atoms with Gasteiger partial charge in [0.25, 0.3) is 5.91 Å². The normalized spacial score (nSPS) is 23.1. The summed E-state index contributed by atoms with van der Waals surface area (Å²) in [7, 11) is 0. The summed E-state index contributed by atoms with van der Waals surface area (Å²) >= 11 is 0. The number of H-pyrrole nitrogens is 1. The number of hydrogen-bond donors (Lipinski definition) is 2. The predicted molar refractivity (Wildman–Crippen MR) is 63.3 cm³/mol. The van der Waals surface area contributed by atoms with E-state index in [4.69, 9.17) is 5.11 Å². The minimum Gasteiger partial charge on any atom is -0.481 e. The van der Waals surface area contributed by atoms with Crippen LogP contribution in [-0.2, 0) is 4.79 Å². The summed E-state index contributed by atoms with van der Waals surface area (Å²) in [6.45, 7) is 2.20. The number of aliphatic carboxylic acids is 1. The third kappa shape index (κ3) is 2.13. The Hall–Kier alpha value is -2.11. The van der Waals surface area contributed by atoms with E-state index in [-0.39, 0.29) is 23.6 Å². The molecule has 0 bridgehead atoms. The zero-order valence-corrected chi connectivity index (χ0v) is 9.97. The topological polar surface area (TPSA) is 90.5 Å². The van der Waals surface area contributed by atoms with Gasteiger partial charge in [-0.25, -0.2) is 0 Å². The molecule has 96 valence electrons. The van der Waals surface area contributed by atoms with Crippen LogP contribution < -0.4 is 5.56 Å². The molecular weight excluding hydrogens is 236 g/mol. The van der Waals surface area contributed by atoms with Gasteiger partial charge in [-0.3, -0.25) is 14.4 Å². The van der Waals surface area contributed by atoms with Crippen LogP contribution in [0.2, 0.25) is 0 Å². The molecule has 1 aromatic heterocycles. The van der Waals surface area contributed by atoms with Gasteiger partial charge in [-0.2, -0.15) is 0 Å². The van der Waals surface area contributed by atoms with Crippen LogP contribution in [0.3, 0.4) is 0 Å². The number of rotatable bonds is 2. The maximum absolute atomic E-state index is 12.1. The molecule has 0 saturated carbocycles.